The molecule has 13 heteroatoms. The molecule has 0 spiro atoms. The van der Waals surface area contributed by atoms with Crippen molar-refractivity contribution in [3.05, 3.63) is 60.1 Å². The Morgan fingerprint density at radius 3 is 2.65 bits per heavy atom. The summed E-state index contributed by atoms with van der Waals surface area (Å²) in [5.74, 6) is 1.77. The van der Waals surface area contributed by atoms with E-state index in [9.17, 15) is 0 Å². The molecular weight excluding hydrogens is 570 g/mol. The van der Waals surface area contributed by atoms with Crippen molar-refractivity contribution in [2.45, 2.75) is 38.5 Å². The molecule has 2 aromatic carbocycles. The fourth-order valence-electron chi connectivity index (χ4n) is 5.64. The molecule has 4 heterocycles. The second-order valence-corrected chi connectivity index (χ2v) is 11.2. The number of hydrogen-bond acceptors (Lipinski definition) is 11. The third kappa shape index (κ3) is 7.15. The van der Waals surface area contributed by atoms with Gasteiger partial charge in [-0.3, -0.25) is 4.90 Å². The molecule has 2 aliphatic rings. The minimum absolute atomic E-state index is 0.194. The summed E-state index contributed by atoms with van der Waals surface area (Å²) < 4.78 is 18.9. The maximum absolute atomic E-state index is 6.43. The van der Waals surface area contributed by atoms with E-state index in [1.165, 1.54) is 6.42 Å². The molecule has 0 aliphatic carbocycles. The Hall–Kier alpha value is -4.00. The molecule has 2 atom stereocenters. The van der Waals surface area contributed by atoms with E-state index in [4.69, 9.17) is 25.8 Å². The number of tetrazole rings is 1. The number of piperidine rings is 1. The first-order valence-corrected chi connectivity index (χ1v) is 14.9. The number of ether oxygens (including phenoxy) is 3. The predicted octanol–water partition coefficient (Wildman–Crippen LogP) is 4.30. The van der Waals surface area contributed by atoms with Crippen LogP contribution >= 0.6 is 11.6 Å². The number of methoxy groups -OCH3 is 1. The lowest BCUT2D eigenvalue weighted by molar-refractivity contribution is 0.0137. The highest BCUT2D eigenvalue weighted by atomic mass is 35.5. The molecule has 0 amide bonds. The first-order chi connectivity index (χ1) is 21.1. The van der Waals surface area contributed by atoms with E-state index in [1.807, 2.05) is 31.2 Å². The van der Waals surface area contributed by atoms with Gasteiger partial charge in [-0.25, -0.2) is 14.6 Å². The smallest absolute Gasteiger partial charge is 0.227 e. The molecule has 0 bridgehead atoms. The predicted molar refractivity (Wildman–Crippen MR) is 164 cm³/mol. The van der Waals surface area contributed by atoms with Crippen LogP contribution in [0.15, 0.2) is 55.1 Å². The lowest BCUT2D eigenvalue weighted by Crippen LogP contribution is -2.51. The number of morpholine rings is 1. The highest BCUT2D eigenvalue weighted by Gasteiger charge is 2.27. The van der Waals surface area contributed by atoms with Gasteiger partial charge in [0.05, 0.1) is 37.6 Å². The number of halogens is 1. The number of nitrogens with zero attached hydrogens (tertiary/aromatic N) is 8. The Bertz CT molecular complexity index is 1480. The Balaban J connectivity index is 1.14. The largest absolute Gasteiger partial charge is 0.495 e. The summed E-state index contributed by atoms with van der Waals surface area (Å²) in [4.78, 5) is 14.2. The third-order valence-electron chi connectivity index (χ3n) is 7.83. The minimum atomic E-state index is -0.194. The first kappa shape index (κ1) is 29.1. The number of aromatic nitrogens is 6. The van der Waals surface area contributed by atoms with Crippen molar-refractivity contribution in [2.24, 2.45) is 0 Å². The van der Waals surface area contributed by atoms with Gasteiger partial charge in [-0.1, -0.05) is 17.7 Å². The Labute approximate surface area is 255 Å². The second-order valence-electron chi connectivity index (χ2n) is 10.8. The number of nitrogens with one attached hydrogen (secondary N) is 1. The van der Waals surface area contributed by atoms with E-state index >= 15 is 0 Å². The van der Waals surface area contributed by atoms with E-state index in [-0.39, 0.29) is 6.10 Å². The summed E-state index contributed by atoms with van der Waals surface area (Å²) in [6.07, 6.45) is 7.30. The molecular formula is C30H36ClN9O3. The Morgan fingerprint density at radius 1 is 1.05 bits per heavy atom. The van der Waals surface area contributed by atoms with E-state index in [0.717, 1.165) is 74.1 Å². The molecule has 43 heavy (non-hydrogen) atoms. The van der Waals surface area contributed by atoms with Crippen LogP contribution in [0.1, 0.15) is 19.8 Å². The van der Waals surface area contributed by atoms with Gasteiger partial charge in [0.15, 0.2) is 0 Å². The molecule has 2 saturated heterocycles. The molecule has 2 fully saturated rings. The number of hydrogen-bond donors (Lipinski definition) is 1. The van der Waals surface area contributed by atoms with Gasteiger partial charge in [0.1, 0.15) is 23.9 Å². The van der Waals surface area contributed by atoms with Gasteiger partial charge in [0.25, 0.3) is 0 Å². The molecule has 1 unspecified atom stereocenters. The maximum Gasteiger partial charge on any atom is 0.227 e. The molecule has 6 rings (SSSR count). The lowest BCUT2D eigenvalue weighted by Gasteiger charge is -2.41. The van der Waals surface area contributed by atoms with Crippen molar-refractivity contribution in [3.63, 3.8) is 0 Å². The molecule has 2 aliphatic heterocycles. The maximum atomic E-state index is 6.43. The summed E-state index contributed by atoms with van der Waals surface area (Å²) in [6, 6.07) is 12.4. The van der Waals surface area contributed by atoms with E-state index in [1.54, 1.807) is 30.5 Å². The van der Waals surface area contributed by atoms with Crippen molar-refractivity contribution in [1.29, 1.82) is 0 Å². The van der Waals surface area contributed by atoms with Crippen LogP contribution in [0.2, 0.25) is 5.02 Å². The molecule has 2 aromatic heterocycles. The zero-order valence-corrected chi connectivity index (χ0v) is 25.2. The Morgan fingerprint density at radius 2 is 1.88 bits per heavy atom. The fourth-order valence-corrected chi connectivity index (χ4v) is 5.80. The summed E-state index contributed by atoms with van der Waals surface area (Å²) >= 11 is 6.43. The van der Waals surface area contributed by atoms with E-state index in [0.29, 0.717) is 29.3 Å². The van der Waals surface area contributed by atoms with E-state index < -0.39 is 0 Å². The molecule has 0 radical (unpaired) electrons. The normalized spacial score (nSPS) is 18.3. The van der Waals surface area contributed by atoms with Crippen molar-refractivity contribution in [1.82, 2.24) is 35.1 Å². The van der Waals surface area contributed by atoms with Crippen molar-refractivity contribution < 1.29 is 14.2 Å². The van der Waals surface area contributed by atoms with Gasteiger partial charge in [0.2, 0.25) is 5.95 Å². The van der Waals surface area contributed by atoms with Crippen molar-refractivity contribution in [2.75, 3.05) is 56.7 Å². The van der Waals surface area contributed by atoms with Crippen LogP contribution < -0.4 is 19.7 Å². The average molecular weight is 606 g/mol. The molecule has 4 aromatic rings. The van der Waals surface area contributed by atoms with Crippen LogP contribution in [-0.2, 0) is 11.3 Å². The van der Waals surface area contributed by atoms with Crippen LogP contribution in [0.3, 0.4) is 0 Å². The van der Waals surface area contributed by atoms with Crippen LogP contribution in [0, 0.1) is 0 Å². The number of anilines is 3. The van der Waals surface area contributed by atoms with Crippen LogP contribution in [-0.4, -0.2) is 93.7 Å². The van der Waals surface area contributed by atoms with Gasteiger partial charge >= 0.3 is 0 Å². The van der Waals surface area contributed by atoms with Gasteiger partial charge in [-0.05, 0) is 66.1 Å². The SMILES string of the molecule is COc1ccc(N2CCCC(N3CCOCC3)C2)cc1Nc1ncc(-c2ccc(Cl)c(O[C@@H](C)Cn3cnnn3)c2)cn1. The fraction of sp³-hybridized carbons (Fsp3) is 0.433. The zero-order chi connectivity index (χ0) is 29.6. The number of rotatable bonds is 10. The average Bonchev–Trinajstić information content (AvgIpc) is 3.56. The molecule has 1 N–H and O–H groups in total. The second kappa shape index (κ2) is 13.5. The molecule has 0 saturated carbocycles. The monoisotopic (exact) mass is 605 g/mol. The standard InChI is InChI=1S/C30H36ClN9O3/c1-21(18-40-20-34-36-37-40)43-29-14-22(5-7-26(29)31)23-16-32-30(33-17-23)35-27-15-24(6-8-28(27)41-2)39-9-3-4-25(19-39)38-10-12-42-13-11-38/h5-8,14-17,20-21,25H,3-4,9-13,18-19H2,1-2H3,(H,32,33,35)/t21-,25?/m0/s1. The summed E-state index contributed by atoms with van der Waals surface area (Å²) in [5.41, 5.74) is 3.70. The van der Waals surface area contributed by atoms with Gasteiger partial charge in [0, 0.05) is 55.9 Å². The third-order valence-corrected chi connectivity index (χ3v) is 8.15. The van der Waals surface area contributed by atoms with Crippen molar-refractivity contribution >= 4 is 28.9 Å². The summed E-state index contributed by atoms with van der Waals surface area (Å²) in [7, 11) is 1.67. The lowest BCUT2D eigenvalue weighted by atomic mass is 10.0. The van der Waals surface area contributed by atoms with Crippen LogP contribution in [0.4, 0.5) is 17.3 Å². The van der Waals surface area contributed by atoms with Crippen LogP contribution in [0.5, 0.6) is 11.5 Å². The van der Waals surface area contributed by atoms with Gasteiger partial charge < -0.3 is 24.4 Å². The van der Waals surface area contributed by atoms with Gasteiger partial charge in [-0.2, -0.15) is 0 Å². The number of benzene rings is 2. The molecule has 226 valence electrons. The topological polar surface area (TPSA) is 116 Å². The highest BCUT2D eigenvalue weighted by Crippen LogP contribution is 2.34. The van der Waals surface area contributed by atoms with Crippen LogP contribution in [0.25, 0.3) is 11.1 Å². The van der Waals surface area contributed by atoms with Crippen molar-refractivity contribution in [3.8, 4) is 22.6 Å². The highest BCUT2D eigenvalue weighted by molar-refractivity contribution is 6.32. The quantitative estimate of drug-likeness (QED) is 0.279. The summed E-state index contributed by atoms with van der Waals surface area (Å²) in [5, 5.41) is 15.1. The first-order valence-electron chi connectivity index (χ1n) is 14.6. The van der Waals surface area contributed by atoms with E-state index in [2.05, 4.69) is 52.7 Å². The summed E-state index contributed by atoms with van der Waals surface area (Å²) in [6.45, 7) is 8.11. The van der Waals surface area contributed by atoms with Gasteiger partial charge in [-0.15, -0.1) is 5.10 Å². The zero-order valence-electron chi connectivity index (χ0n) is 24.4. The minimum Gasteiger partial charge on any atom is -0.495 e. The molecule has 12 nitrogen and oxygen atoms in total. The Kier molecular flexibility index (Phi) is 9.16.